The minimum Gasteiger partial charge on any atom is -0.493 e. The van der Waals surface area contributed by atoms with E-state index in [0.717, 1.165) is 68.4 Å². The zero-order valence-electron chi connectivity index (χ0n) is 21.2. The van der Waals surface area contributed by atoms with Crippen LogP contribution >= 0.6 is 0 Å². The third-order valence-corrected chi connectivity index (χ3v) is 8.26. The van der Waals surface area contributed by atoms with Crippen molar-refractivity contribution in [2.45, 2.75) is 38.6 Å². The van der Waals surface area contributed by atoms with Gasteiger partial charge in [-0.25, -0.2) is 8.42 Å². The average molecular weight is 513 g/mol. The number of likely N-dealkylation sites (N-methyl/N-ethyl adjacent to an activating group) is 1. The molecule has 36 heavy (non-hydrogen) atoms. The predicted molar refractivity (Wildman–Crippen MR) is 142 cm³/mol. The third-order valence-electron chi connectivity index (χ3n) is 6.77. The van der Waals surface area contributed by atoms with Gasteiger partial charge in [0.1, 0.15) is 5.75 Å². The van der Waals surface area contributed by atoms with Crippen LogP contribution in [0.4, 0.5) is 11.4 Å². The van der Waals surface area contributed by atoms with E-state index in [9.17, 15) is 13.7 Å². The number of ether oxygens (including phenoxy) is 2. The van der Waals surface area contributed by atoms with E-state index in [2.05, 4.69) is 27.5 Å². The Balaban J connectivity index is 1.45. The van der Waals surface area contributed by atoms with Crippen LogP contribution in [-0.4, -0.2) is 65.1 Å². The van der Waals surface area contributed by atoms with E-state index in [4.69, 9.17) is 9.47 Å². The van der Waals surface area contributed by atoms with E-state index >= 15 is 0 Å². The van der Waals surface area contributed by atoms with Gasteiger partial charge in [-0.1, -0.05) is 25.1 Å². The fourth-order valence-corrected chi connectivity index (χ4v) is 6.19. The number of benzene rings is 2. The number of hydrogen-bond acceptors (Lipinski definition) is 7. The molecule has 2 aromatic rings. The summed E-state index contributed by atoms with van der Waals surface area (Å²) < 4.78 is 38.3. The number of fused-ring (bicyclic) bond motifs is 1. The van der Waals surface area contributed by atoms with Gasteiger partial charge in [0.05, 0.1) is 43.6 Å². The van der Waals surface area contributed by atoms with Crippen molar-refractivity contribution in [1.82, 2.24) is 4.90 Å². The van der Waals surface area contributed by atoms with Crippen molar-refractivity contribution in [2.24, 2.45) is 0 Å². The molecule has 4 rings (SSSR count). The first-order valence-corrected chi connectivity index (χ1v) is 14.4. The molecule has 1 fully saturated rings. The molecule has 194 valence electrons. The van der Waals surface area contributed by atoms with Gasteiger partial charge in [0, 0.05) is 43.6 Å². The van der Waals surface area contributed by atoms with Gasteiger partial charge in [0.2, 0.25) is 10.0 Å². The minimum absolute atomic E-state index is 0.0877. The van der Waals surface area contributed by atoms with Crippen LogP contribution in [0.5, 0.6) is 5.75 Å². The summed E-state index contributed by atoms with van der Waals surface area (Å²) in [7, 11) is -3.35. The van der Waals surface area contributed by atoms with Gasteiger partial charge in [0.15, 0.2) is 0 Å². The summed E-state index contributed by atoms with van der Waals surface area (Å²) in [5, 5.41) is 10.1. The Hall–Kier alpha value is -2.80. The zero-order valence-corrected chi connectivity index (χ0v) is 22.0. The summed E-state index contributed by atoms with van der Waals surface area (Å²) in [5.41, 5.74) is 3.53. The van der Waals surface area contributed by atoms with Crippen molar-refractivity contribution in [3.05, 3.63) is 53.6 Å². The van der Waals surface area contributed by atoms with Crippen LogP contribution in [0.2, 0.25) is 0 Å². The molecule has 2 unspecified atom stereocenters. The molecule has 2 atom stereocenters. The molecule has 0 radical (unpaired) electrons. The smallest absolute Gasteiger partial charge is 0.232 e. The Morgan fingerprint density at radius 1 is 1.14 bits per heavy atom. The molecule has 2 aliphatic heterocycles. The summed E-state index contributed by atoms with van der Waals surface area (Å²) in [6.07, 6.45) is 1.51. The lowest BCUT2D eigenvalue weighted by molar-refractivity contribution is 0.0358. The van der Waals surface area contributed by atoms with Crippen LogP contribution in [0.3, 0.4) is 0 Å². The van der Waals surface area contributed by atoms with Gasteiger partial charge >= 0.3 is 0 Å². The molecule has 1 N–H and O–H groups in total. The molecule has 0 aromatic heterocycles. The summed E-state index contributed by atoms with van der Waals surface area (Å²) in [4.78, 5) is 4.64. The molecule has 0 spiro atoms. The minimum atomic E-state index is -3.35. The topological polar surface area (TPSA) is 94.9 Å². The first-order valence-electron chi connectivity index (χ1n) is 12.8. The molecule has 0 amide bonds. The van der Waals surface area contributed by atoms with Crippen LogP contribution in [-0.2, 0) is 14.8 Å². The van der Waals surface area contributed by atoms with Crippen LogP contribution in [0.1, 0.15) is 49.8 Å². The Kier molecular flexibility index (Phi) is 8.72. The van der Waals surface area contributed by atoms with Crippen molar-refractivity contribution >= 4 is 21.4 Å². The van der Waals surface area contributed by atoms with Crippen molar-refractivity contribution in [1.29, 1.82) is 5.26 Å². The maximum Gasteiger partial charge on any atom is 0.232 e. The van der Waals surface area contributed by atoms with E-state index in [-0.39, 0.29) is 17.7 Å². The van der Waals surface area contributed by atoms with Gasteiger partial charge in [-0.05, 0) is 49.1 Å². The van der Waals surface area contributed by atoms with Crippen molar-refractivity contribution in [2.75, 3.05) is 61.4 Å². The number of hydrogen-bond donors (Lipinski definition) is 1. The van der Waals surface area contributed by atoms with Crippen molar-refractivity contribution in [3.8, 4) is 11.8 Å². The van der Waals surface area contributed by atoms with E-state index < -0.39 is 10.0 Å². The van der Waals surface area contributed by atoms with Gasteiger partial charge in [-0.3, -0.25) is 9.62 Å². The molecule has 0 saturated carbocycles. The van der Waals surface area contributed by atoms with Crippen LogP contribution < -0.4 is 14.4 Å². The fourth-order valence-electron chi connectivity index (χ4n) is 5.06. The van der Waals surface area contributed by atoms with E-state index in [0.29, 0.717) is 18.7 Å². The summed E-state index contributed by atoms with van der Waals surface area (Å²) >= 11 is 0. The highest BCUT2D eigenvalue weighted by Crippen LogP contribution is 2.49. The largest absolute Gasteiger partial charge is 0.493 e. The second kappa shape index (κ2) is 12.0. The van der Waals surface area contributed by atoms with E-state index in [1.165, 1.54) is 0 Å². The molecule has 0 bridgehead atoms. The normalized spacial score (nSPS) is 20.1. The molecule has 2 aromatic carbocycles. The van der Waals surface area contributed by atoms with Crippen LogP contribution in [0.15, 0.2) is 42.5 Å². The fraction of sp³-hybridized carbons (Fsp3) is 0.519. The zero-order chi connectivity index (χ0) is 25.5. The van der Waals surface area contributed by atoms with Gasteiger partial charge in [0.25, 0.3) is 0 Å². The van der Waals surface area contributed by atoms with Crippen molar-refractivity contribution < 1.29 is 17.9 Å². The maximum absolute atomic E-state index is 12.1. The molecule has 1 saturated heterocycles. The molecule has 9 heteroatoms. The van der Waals surface area contributed by atoms with Gasteiger partial charge < -0.3 is 14.4 Å². The Bertz CT molecular complexity index is 1160. The first kappa shape index (κ1) is 26.3. The highest BCUT2D eigenvalue weighted by Gasteiger charge is 2.39. The maximum atomic E-state index is 12.1. The Morgan fingerprint density at radius 3 is 2.56 bits per heavy atom. The number of anilines is 2. The Morgan fingerprint density at radius 2 is 1.89 bits per heavy atom. The first-order chi connectivity index (χ1) is 17.5. The van der Waals surface area contributed by atoms with Gasteiger partial charge in [-0.2, -0.15) is 5.26 Å². The van der Waals surface area contributed by atoms with Gasteiger partial charge in [-0.15, -0.1) is 0 Å². The van der Waals surface area contributed by atoms with Crippen molar-refractivity contribution in [3.63, 3.8) is 0 Å². The van der Waals surface area contributed by atoms with Crippen LogP contribution in [0, 0.1) is 11.3 Å². The van der Waals surface area contributed by atoms with E-state index in [1.54, 1.807) is 12.1 Å². The standard InChI is InChI=1S/C27H36N4O4S/c1-3-18-36(32,33)29-22-8-6-21(7-9-22)27-25(20-28)24-11-10-23(19-26(24)31(27)4-2)35-15-5-12-30-13-16-34-17-14-30/h6-11,19,25,27,29H,3-5,12-18H2,1-2H3. The molecule has 2 heterocycles. The molecule has 0 aliphatic carbocycles. The lowest BCUT2D eigenvalue weighted by Crippen LogP contribution is -2.37. The molecule has 8 nitrogen and oxygen atoms in total. The summed E-state index contributed by atoms with van der Waals surface area (Å²) in [6, 6.07) is 15.7. The summed E-state index contributed by atoms with van der Waals surface area (Å²) in [6.45, 7) is 9.86. The monoisotopic (exact) mass is 512 g/mol. The second-order valence-electron chi connectivity index (χ2n) is 9.26. The third kappa shape index (κ3) is 6.12. The quantitative estimate of drug-likeness (QED) is 0.453. The summed E-state index contributed by atoms with van der Waals surface area (Å²) in [5.74, 6) is 0.579. The highest BCUT2D eigenvalue weighted by molar-refractivity contribution is 7.92. The van der Waals surface area contributed by atoms with E-state index in [1.807, 2.05) is 37.3 Å². The Labute approximate surface area is 214 Å². The highest BCUT2D eigenvalue weighted by atomic mass is 32.2. The number of nitrogens with one attached hydrogen (secondary N) is 1. The number of nitriles is 1. The predicted octanol–water partition coefficient (Wildman–Crippen LogP) is 4.13. The SMILES string of the molecule is CCCS(=O)(=O)Nc1ccc(C2C(C#N)c3ccc(OCCCN4CCOCC4)cc3N2CC)cc1. The molecule has 2 aliphatic rings. The lowest BCUT2D eigenvalue weighted by atomic mass is 9.91. The number of rotatable bonds is 11. The number of morpholine rings is 1. The van der Waals surface area contributed by atoms with Crippen LogP contribution in [0.25, 0.3) is 0 Å². The average Bonchev–Trinajstić information content (AvgIpc) is 3.20. The molecular formula is C27H36N4O4S. The number of sulfonamides is 1. The second-order valence-corrected chi connectivity index (χ2v) is 11.1. The lowest BCUT2D eigenvalue weighted by Gasteiger charge is -2.28. The number of nitrogens with zero attached hydrogens (tertiary/aromatic N) is 3. The molecular weight excluding hydrogens is 476 g/mol.